The predicted molar refractivity (Wildman–Crippen MR) is 169 cm³/mol. The average molecular weight is 605 g/mol. The Bertz CT molecular complexity index is 1250. The lowest BCUT2D eigenvalue weighted by atomic mass is 9.99. The Labute approximate surface area is 260 Å². The summed E-state index contributed by atoms with van der Waals surface area (Å²) in [7, 11) is 0. The number of benzene rings is 3. The third kappa shape index (κ3) is 13.0. The van der Waals surface area contributed by atoms with Crippen molar-refractivity contribution in [3.8, 4) is 11.5 Å². The van der Waals surface area contributed by atoms with Crippen LogP contribution in [0.5, 0.6) is 11.5 Å². The van der Waals surface area contributed by atoms with Gasteiger partial charge in [-0.15, -0.1) is 0 Å². The zero-order valence-corrected chi connectivity index (χ0v) is 25.6. The molecular weight excluding hydrogens is 560 g/mol. The minimum absolute atomic E-state index is 0.202. The fourth-order valence-electron chi connectivity index (χ4n) is 4.33. The Hall–Kier alpha value is -4.24. The minimum Gasteiger partial charge on any atom is -0.494 e. The highest BCUT2D eigenvalue weighted by Crippen LogP contribution is 2.24. The van der Waals surface area contributed by atoms with Crippen LogP contribution < -0.4 is 9.47 Å². The molecule has 44 heavy (non-hydrogen) atoms. The molecule has 1 atom stereocenters. The summed E-state index contributed by atoms with van der Waals surface area (Å²) in [5.41, 5.74) is 2.04. The Balaban J connectivity index is 1.28. The number of azo groups is 1. The van der Waals surface area contributed by atoms with Gasteiger partial charge in [0.05, 0.1) is 37.8 Å². The Morgan fingerprint density at radius 1 is 0.614 bits per heavy atom. The van der Waals surface area contributed by atoms with Crippen LogP contribution >= 0.6 is 0 Å². The average Bonchev–Trinajstić information content (AvgIpc) is 3.05. The number of carbonyl (C=O) groups is 2. The van der Waals surface area contributed by atoms with Gasteiger partial charge in [-0.3, -0.25) is 9.59 Å². The van der Waals surface area contributed by atoms with Crippen LogP contribution in [0.1, 0.15) is 69.8 Å². The van der Waals surface area contributed by atoms with Crippen molar-refractivity contribution in [2.24, 2.45) is 10.2 Å². The van der Waals surface area contributed by atoms with E-state index in [1.165, 1.54) is 0 Å². The van der Waals surface area contributed by atoms with E-state index in [1.54, 1.807) is 31.2 Å². The minimum atomic E-state index is -1.06. The molecule has 1 unspecified atom stereocenters. The van der Waals surface area contributed by atoms with Gasteiger partial charge in [0.1, 0.15) is 11.5 Å². The van der Waals surface area contributed by atoms with Gasteiger partial charge < -0.3 is 24.1 Å². The van der Waals surface area contributed by atoms with Gasteiger partial charge >= 0.3 is 11.9 Å². The third-order valence-corrected chi connectivity index (χ3v) is 6.72. The SMILES string of the molecule is CCOC(=O)C(C(=O)OCCCCCCOc1ccc(N=Nc2ccc(OCCCCCCO)cc2)cc1)c1ccccc1. The van der Waals surface area contributed by atoms with Crippen molar-refractivity contribution in [2.75, 3.05) is 33.0 Å². The monoisotopic (exact) mass is 604 g/mol. The number of unbranched alkanes of at least 4 members (excludes halogenated alkanes) is 6. The molecule has 0 radical (unpaired) electrons. The van der Waals surface area contributed by atoms with Gasteiger partial charge in [0.25, 0.3) is 0 Å². The second kappa shape index (κ2) is 20.6. The van der Waals surface area contributed by atoms with Crippen molar-refractivity contribution in [1.82, 2.24) is 0 Å². The molecule has 3 aromatic rings. The summed E-state index contributed by atoms with van der Waals surface area (Å²) in [6.07, 6.45) is 7.27. The topological polar surface area (TPSA) is 116 Å². The molecule has 3 aromatic carbocycles. The van der Waals surface area contributed by atoms with Crippen LogP contribution in [0.15, 0.2) is 89.1 Å². The molecule has 0 aliphatic rings. The first kappa shape index (κ1) is 34.3. The van der Waals surface area contributed by atoms with Gasteiger partial charge in [0.15, 0.2) is 5.92 Å². The number of carbonyl (C=O) groups excluding carboxylic acids is 2. The standard InChI is InChI=1S/C35H44N2O7/c1-2-41-34(39)33(28-14-8-7-9-15-28)35(40)44-27-13-6-5-12-26-43-32-22-18-30(19-23-32)37-36-29-16-20-31(21-17-29)42-25-11-4-3-10-24-38/h7-9,14-23,33,38H,2-6,10-13,24-27H2,1H3. The number of esters is 2. The lowest BCUT2D eigenvalue weighted by Crippen LogP contribution is -2.26. The molecule has 0 amide bonds. The molecule has 0 bridgehead atoms. The zero-order chi connectivity index (χ0) is 31.2. The van der Waals surface area contributed by atoms with Crippen LogP contribution in [0.25, 0.3) is 0 Å². The molecule has 0 aliphatic heterocycles. The molecule has 0 aromatic heterocycles. The number of rotatable bonds is 21. The van der Waals surface area contributed by atoms with E-state index >= 15 is 0 Å². The van der Waals surface area contributed by atoms with E-state index in [0.717, 1.165) is 67.8 Å². The molecule has 0 aliphatic carbocycles. The normalized spacial score (nSPS) is 11.7. The van der Waals surface area contributed by atoms with Crippen LogP contribution in [-0.2, 0) is 19.1 Å². The molecule has 3 rings (SSSR count). The summed E-state index contributed by atoms with van der Waals surface area (Å²) in [6.45, 7) is 3.65. The predicted octanol–water partition coefficient (Wildman–Crippen LogP) is 7.86. The lowest BCUT2D eigenvalue weighted by molar-refractivity contribution is -0.157. The summed E-state index contributed by atoms with van der Waals surface area (Å²) in [4.78, 5) is 24.9. The number of aliphatic hydroxyl groups excluding tert-OH is 1. The van der Waals surface area contributed by atoms with Crippen molar-refractivity contribution in [3.63, 3.8) is 0 Å². The first-order valence-electron chi connectivity index (χ1n) is 15.5. The highest BCUT2D eigenvalue weighted by Gasteiger charge is 2.31. The van der Waals surface area contributed by atoms with Crippen molar-refractivity contribution < 1.29 is 33.6 Å². The number of hydrogen-bond donors (Lipinski definition) is 1. The summed E-state index contributed by atoms with van der Waals surface area (Å²) in [6, 6.07) is 23.8. The summed E-state index contributed by atoms with van der Waals surface area (Å²) in [5, 5.41) is 17.4. The Morgan fingerprint density at radius 2 is 1.09 bits per heavy atom. The maximum Gasteiger partial charge on any atom is 0.324 e. The largest absolute Gasteiger partial charge is 0.494 e. The number of hydrogen-bond acceptors (Lipinski definition) is 9. The van der Waals surface area contributed by atoms with Gasteiger partial charge in [-0.05, 0) is 106 Å². The Kier molecular flexibility index (Phi) is 16.1. The molecule has 0 saturated heterocycles. The fraction of sp³-hybridized carbons (Fsp3) is 0.429. The van der Waals surface area contributed by atoms with Crippen LogP contribution in [0.2, 0.25) is 0 Å². The van der Waals surface area contributed by atoms with Crippen LogP contribution in [-0.4, -0.2) is 50.1 Å². The van der Waals surface area contributed by atoms with Gasteiger partial charge in [0.2, 0.25) is 0 Å². The van der Waals surface area contributed by atoms with Gasteiger partial charge in [-0.2, -0.15) is 10.2 Å². The van der Waals surface area contributed by atoms with Gasteiger partial charge in [0, 0.05) is 6.61 Å². The van der Waals surface area contributed by atoms with Crippen LogP contribution in [0, 0.1) is 0 Å². The maximum absolute atomic E-state index is 12.6. The zero-order valence-electron chi connectivity index (χ0n) is 25.6. The van der Waals surface area contributed by atoms with E-state index in [4.69, 9.17) is 24.1 Å². The summed E-state index contributed by atoms with van der Waals surface area (Å²) < 4.78 is 22.1. The van der Waals surface area contributed by atoms with Crippen LogP contribution in [0.3, 0.4) is 0 Å². The van der Waals surface area contributed by atoms with Crippen LogP contribution in [0.4, 0.5) is 11.4 Å². The highest BCUT2D eigenvalue weighted by atomic mass is 16.6. The molecule has 0 fully saturated rings. The molecule has 9 nitrogen and oxygen atoms in total. The van der Waals surface area contributed by atoms with Crippen molar-refractivity contribution in [3.05, 3.63) is 84.4 Å². The van der Waals surface area contributed by atoms with E-state index in [9.17, 15) is 9.59 Å². The molecular formula is C35H44N2O7. The lowest BCUT2D eigenvalue weighted by Gasteiger charge is -2.15. The fourth-order valence-corrected chi connectivity index (χ4v) is 4.33. The van der Waals surface area contributed by atoms with Crippen molar-refractivity contribution in [1.29, 1.82) is 0 Å². The second-order valence-electron chi connectivity index (χ2n) is 10.2. The first-order valence-corrected chi connectivity index (χ1v) is 15.5. The molecule has 236 valence electrons. The van der Waals surface area contributed by atoms with E-state index in [-0.39, 0.29) is 19.8 Å². The molecule has 0 saturated carbocycles. The molecule has 0 heterocycles. The van der Waals surface area contributed by atoms with Crippen molar-refractivity contribution in [2.45, 2.75) is 64.2 Å². The highest BCUT2D eigenvalue weighted by molar-refractivity contribution is 6.00. The quantitative estimate of drug-likeness (QED) is 0.0569. The summed E-state index contributed by atoms with van der Waals surface area (Å²) in [5.74, 6) is -0.666. The van der Waals surface area contributed by atoms with Gasteiger partial charge in [-0.1, -0.05) is 36.8 Å². The van der Waals surface area contributed by atoms with E-state index in [1.807, 2.05) is 54.6 Å². The van der Waals surface area contributed by atoms with Gasteiger partial charge in [-0.25, -0.2) is 0 Å². The number of ether oxygens (including phenoxy) is 4. The molecule has 1 N–H and O–H groups in total. The summed E-state index contributed by atoms with van der Waals surface area (Å²) >= 11 is 0. The molecule has 0 spiro atoms. The van der Waals surface area contributed by atoms with E-state index in [2.05, 4.69) is 10.2 Å². The van der Waals surface area contributed by atoms with Crippen molar-refractivity contribution >= 4 is 23.3 Å². The van der Waals surface area contributed by atoms with E-state index in [0.29, 0.717) is 25.2 Å². The second-order valence-corrected chi connectivity index (χ2v) is 10.2. The maximum atomic E-state index is 12.6. The Morgan fingerprint density at radius 3 is 1.59 bits per heavy atom. The smallest absolute Gasteiger partial charge is 0.324 e. The van der Waals surface area contributed by atoms with E-state index < -0.39 is 17.9 Å². The first-order chi connectivity index (χ1) is 21.6. The third-order valence-electron chi connectivity index (χ3n) is 6.72. The number of aliphatic hydroxyl groups is 1. The number of nitrogens with zero attached hydrogens (tertiary/aromatic N) is 2. The molecule has 9 heteroatoms.